The minimum Gasteiger partial charge on any atom is -0.390 e. The fraction of sp³-hybridized carbons (Fsp3) is 0.565. The van der Waals surface area contributed by atoms with E-state index in [-0.39, 0.29) is 23.7 Å². The van der Waals surface area contributed by atoms with E-state index >= 15 is 0 Å². The average molecular weight is 397 g/mol. The van der Waals surface area contributed by atoms with Gasteiger partial charge in [0.1, 0.15) is 5.82 Å². The number of halogens is 1. The molecule has 2 aromatic rings. The number of carbonyl (C=O) groups excluding carboxylic acids is 1. The first-order valence-corrected chi connectivity index (χ1v) is 10.7. The van der Waals surface area contributed by atoms with Gasteiger partial charge in [-0.1, -0.05) is 19.9 Å². The number of amides is 1. The predicted octanol–water partition coefficient (Wildman–Crippen LogP) is 3.80. The smallest absolute Gasteiger partial charge is 0.255 e. The van der Waals surface area contributed by atoms with Crippen LogP contribution in [0.1, 0.15) is 67.9 Å². The van der Waals surface area contributed by atoms with E-state index in [0.717, 1.165) is 37.8 Å². The van der Waals surface area contributed by atoms with Crippen LogP contribution in [-0.2, 0) is 0 Å². The molecule has 1 aromatic heterocycles. The van der Waals surface area contributed by atoms with Crippen LogP contribution in [0, 0.1) is 23.6 Å². The molecule has 4 aliphatic carbocycles. The maximum Gasteiger partial charge on any atom is 0.255 e. The van der Waals surface area contributed by atoms with Gasteiger partial charge in [-0.25, -0.2) is 9.07 Å². The lowest BCUT2D eigenvalue weighted by Crippen LogP contribution is -2.61. The highest BCUT2D eigenvalue weighted by atomic mass is 19.1. The van der Waals surface area contributed by atoms with Gasteiger partial charge < -0.3 is 10.4 Å². The Morgan fingerprint density at radius 3 is 2.62 bits per heavy atom. The molecule has 2 unspecified atom stereocenters. The molecular weight excluding hydrogens is 369 g/mol. The number of hydrogen-bond acceptors (Lipinski definition) is 3. The Morgan fingerprint density at radius 1 is 1.28 bits per heavy atom. The molecule has 0 aliphatic heterocycles. The topological polar surface area (TPSA) is 67.2 Å². The summed E-state index contributed by atoms with van der Waals surface area (Å²) in [6.07, 6.45) is 6.32. The van der Waals surface area contributed by atoms with E-state index in [4.69, 9.17) is 0 Å². The van der Waals surface area contributed by atoms with Crippen LogP contribution in [-0.4, -0.2) is 32.4 Å². The van der Waals surface area contributed by atoms with E-state index in [0.29, 0.717) is 29.0 Å². The molecule has 1 heterocycles. The highest BCUT2D eigenvalue weighted by Crippen LogP contribution is 2.55. The second-order valence-corrected chi connectivity index (χ2v) is 9.68. The number of aliphatic hydroxyl groups is 1. The number of benzene rings is 1. The molecule has 4 fully saturated rings. The molecule has 4 saturated carbocycles. The van der Waals surface area contributed by atoms with Crippen LogP contribution in [0.25, 0.3) is 5.69 Å². The van der Waals surface area contributed by atoms with E-state index in [1.807, 2.05) is 13.8 Å². The molecule has 4 aliphatic rings. The Labute approximate surface area is 170 Å². The molecule has 1 amide bonds. The van der Waals surface area contributed by atoms with Gasteiger partial charge in [0.25, 0.3) is 5.91 Å². The Balaban J connectivity index is 1.42. The Hall–Kier alpha value is -2.21. The van der Waals surface area contributed by atoms with Crippen molar-refractivity contribution in [3.63, 3.8) is 0 Å². The van der Waals surface area contributed by atoms with E-state index in [1.165, 1.54) is 12.1 Å². The van der Waals surface area contributed by atoms with E-state index in [9.17, 15) is 14.3 Å². The minimum absolute atomic E-state index is 0.0562. The van der Waals surface area contributed by atoms with Crippen molar-refractivity contribution in [3.8, 4) is 5.69 Å². The molecule has 2 N–H and O–H groups in total. The normalized spacial score (nSPS) is 32.7. The average Bonchev–Trinajstić information content (AvgIpc) is 3.09. The largest absolute Gasteiger partial charge is 0.390 e. The van der Waals surface area contributed by atoms with E-state index < -0.39 is 5.60 Å². The number of nitrogens with zero attached hydrogens (tertiary/aromatic N) is 2. The van der Waals surface area contributed by atoms with Gasteiger partial charge in [-0.15, -0.1) is 0 Å². The quantitative estimate of drug-likeness (QED) is 0.825. The number of nitrogens with one attached hydrogen (secondary N) is 1. The van der Waals surface area contributed by atoms with Crippen molar-refractivity contribution in [2.45, 2.75) is 63.5 Å². The zero-order valence-corrected chi connectivity index (χ0v) is 16.9. The summed E-state index contributed by atoms with van der Waals surface area (Å²) in [5.41, 5.74) is 1.44. The zero-order chi connectivity index (χ0) is 20.3. The summed E-state index contributed by atoms with van der Waals surface area (Å²) in [5, 5.41) is 18.5. The molecular formula is C23H28FN3O2. The summed E-state index contributed by atoms with van der Waals surface area (Å²) in [5.74, 6) is 0.936. The summed E-state index contributed by atoms with van der Waals surface area (Å²) in [7, 11) is 0. The van der Waals surface area contributed by atoms with Gasteiger partial charge in [-0.3, -0.25) is 4.79 Å². The summed E-state index contributed by atoms with van der Waals surface area (Å²) >= 11 is 0. The summed E-state index contributed by atoms with van der Waals surface area (Å²) < 4.78 is 15.4. The van der Waals surface area contributed by atoms with Crippen molar-refractivity contribution in [2.24, 2.45) is 17.8 Å². The number of rotatable bonds is 4. The maximum atomic E-state index is 13.7. The first-order chi connectivity index (χ1) is 13.8. The molecule has 0 spiro atoms. The van der Waals surface area contributed by atoms with Crippen LogP contribution in [0.2, 0.25) is 0 Å². The van der Waals surface area contributed by atoms with Crippen molar-refractivity contribution in [1.82, 2.24) is 15.1 Å². The Kier molecular flexibility index (Phi) is 4.32. The highest BCUT2D eigenvalue weighted by molar-refractivity contribution is 5.95. The molecule has 6 heteroatoms. The second kappa shape index (κ2) is 6.66. The van der Waals surface area contributed by atoms with Gasteiger partial charge in [-0.2, -0.15) is 5.10 Å². The number of carbonyl (C=O) groups is 1. The molecule has 0 radical (unpaired) electrons. The van der Waals surface area contributed by atoms with Crippen molar-refractivity contribution in [1.29, 1.82) is 0 Å². The Bertz CT molecular complexity index is 937. The Morgan fingerprint density at radius 2 is 2.00 bits per heavy atom. The van der Waals surface area contributed by atoms with E-state index in [1.54, 1.807) is 23.0 Å². The number of hydrogen-bond donors (Lipinski definition) is 2. The van der Waals surface area contributed by atoms with E-state index in [2.05, 4.69) is 10.4 Å². The summed E-state index contributed by atoms with van der Waals surface area (Å²) in [6.45, 7) is 4.03. The monoisotopic (exact) mass is 397 g/mol. The van der Waals surface area contributed by atoms with Gasteiger partial charge in [-0.05, 0) is 74.0 Å². The van der Waals surface area contributed by atoms with Crippen LogP contribution in [0.4, 0.5) is 4.39 Å². The molecule has 29 heavy (non-hydrogen) atoms. The highest BCUT2D eigenvalue weighted by Gasteiger charge is 2.55. The lowest BCUT2D eigenvalue weighted by Gasteiger charge is -2.58. The summed E-state index contributed by atoms with van der Waals surface area (Å²) in [6, 6.07) is 6.39. The van der Waals surface area contributed by atoms with Gasteiger partial charge >= 0.3 is 0 Å². The second-order valence-electron chi connectivity index (χ2n) is 9.68. The van der Waals surface area contributed by atoms with Gasteiger partial charge in [0, 0.05) is 6.04 Å². The van der Waals surface area contributed by atoms with Crippen molar-refractivity contribution >= 4 is 5.91 Å². The first-order valence-electron chi connectivity index (χ1n) is 10.7. The lowest BCUT2D eigenvalue weighted by atomic mass is 9.52. The van der Waals surface area contributed by atoms with Crippen LogP contribution in [0.5, 0.6) is 0 Å². The van der Waals surface area contributed by atoms with Crippen molar-refractivity contribution in [3.05, 3.63) is 47.5 Å². The first kappa shape index (κ1) is 18.8. The zero-order valence-electron chi connectivity index (χ0n) is 16.9. The van der Waals surface area contributed by atoms with Crippen molar-refractivity contribution in [2.75, 3.05) is 0 Å². The fourth-order valence-corrected chi connectivity index (χ4v) is 6.35. The molecule has 1 aromatic carbocycles. The van der Waals surface area contributed by atoms with Crippen molar-refractivity contribution < 1.29 is 14.3 Å². The standard InChI is InChI=1S/C23H28FN3O2/c1-13(2)21-19(12-25-27(21)18-5-3-4-17(24)8-18)22(28)26-20-15-6-14-7-16(20)11-23(29,9-14)10-15/h3-5,8,12-16,20,29H,6-7,9-11H2,1-2H3,(H,26,28). The third-order valence-electron chi connectivity index (χ3n) is 7.19. The molecule has 0 saturated heterocycles. The molecule has 2 atom stereocenters. The molecule has 5 nitrogen and oxygen atoms in total. The van der Waals surface area contributed by atoms with Gasteiger partial charge in [0.15, 0.2) is 0 Å². The number of aromatic nitrogens is 2. The van der Waals surface area contributed by atoms with Crippen LogP contribution >= 0.6 is 0 Å². The molecule has 6 rings (SSSR count). The van der Waals surface area contributed by atoms with Crippen LogP contribution in [0.3, 0.4) is 0 Å². The fourth-order valence-electron chi connectivity index (χ4n) is 6.35. The van der Waals surface area contributed by atoms with Crippen LogP contribution < -0.4 is 5.32 Å². The third kappa shape index (κ3) is 3.18. The SMILES string of the molecule is CC(C)c1c(C(=O)NC2C3CC4CC2CC(O)(C4)C3)cnn1-c1cccc(F)c1. The van der Waals surface area contributed by atoms with Gasteiger partial charge in [0.05, 0.1) is 28.7 Å². The summed E-state index contributed by atoms with van der Waals surface area (Å²) in [4.78, 5) is 13.3. The molecule has 4 bridgehead atoms. The van der Waals surface area contributed by atoms with Crippen LogP contribution in [0.15, 0.2) is 30.5 Å². The lowest BCUT2D eigenvalue weighted by molar-refractivity contribution is -0.136. The van der Waals surface area contributed by atoms with Gasteiger partial charge in [0.2, 0.25) is 0 Å². The molecule has 154 valence electrons. The predicted molar refractivity (Wildman–Crippen MR) is 107 cm³/mol. The maximum absolute atomic E-state index is 13.7. The minimum atomic E-state index is -0.511. The third-order valence-corrected chi connectivity index (χ3v) is 7.19.